The van der Waals surface area contributed by atoms with E-state index in [0.717, 1.165) is 12.7 Å². The molecule has 1 aliphatic rings. The topological polar surface area (TPSA) is 63.9 Å². The Kier molecular flexibility index (Phi) is 10.1. The van der Waals surface area contributed by atoms with Crippen molar-refractivity contribution in [2.24, 2.45) is 4.99 Å². The molecule has 0 saturated carbocycles. The van der Waals surface area contributed by atoms with Gasteiger partial charge in [0.25, 0.3) is 11.5 Å². The number of nitrogens with zero attached hydrogens (tertiary/aromatic N) is 3. The molecule has 0 bridgehead atoms. The first-order valence-electron chi connectivity index (χ1n) is 13.5. The molecular formula is C32H27ClFI2N3O3S. The molecule has 0 spiro atoms. The zero-order chi connectivity index (χ0) is 30.8. The molecule has 0 radical (unpaired) electrons. The summed E-state index contributed by atoms with van der Waals surface area (Å²) in [5, 5.41) is 0.560. The molecule has 3 aromatic carbocycles. The van der Waals surface area contributed by atoms with E-state index in [-0.39, 0.29) is 23.9 Å². The van der Waals surface area contributed by atoms with E-state index in [2.05, 4.69) is 45.2 Å². The molecule has 43 heavy (non-hydrogen) atoms. The number of thiazole rings is 1. The first-order valence-corrected chi connectivity index (χ1v) is 16.9. The molecule has 0 N–H and O–H groups in total. The molecule has 6 nitrogen and oxygen atoms in total. The molecule has 1 atom stereocenters. The molecule has 4 aromatic rings. The fourth-order valence-electron chi connectivity index (χ4n) is 4.98. The van der Waals surface area contributed by atoms with E-state index in [9.17, 15) is 14.0 Å². The average Bonchev–Trinajstić information content (AvgIpc) is 3.27. The smallest absolute Gasteiger partial charge is 0.271 e. The minimum absolute atomic E-state index is 0.0396. The van der Waals surface area contributed by atoms with E-state index in [1.54, 1.807) is 45.9 Å². The molecule has 1 amide bonds. The standard InChI is InChI=1S/C32H27ClFI2N3O3S/c1-4-38(5-2)31(41)27-18(3)37-32-39(28(27)19-10-12-22(33)13-11-19)30(40)26(43-32)15-21-14-23(35)16-25(36)29(21)42-17-20-8-6-7-9-24(20)34/h6-16,28H,4-5,17H2,1-3H3/b26-15+/t28-/m0/s1. The maximum atomic E-state index is 14.3. The van der Waals surface area contributed by atoms with E-state index >= 15 is 0 Å². The number of ether oxygens (including phenoxy) is 1. The fraction of sp³-hybridized carbons (Fsp3) is 0.219. The van der Waals surface area contributed by atoms with E-state index in [0.29, 0.717) is 55.6 Å². The highest BCUT2D eigenvalue weighted by Gasteiger charge is 2.34. The van der Waals surface area contributed by atoms with Crippen LogP contribution in [0.25, 0.3) is 6.08 Å². The minimum atomic E-state index is -0.670. The highest BCUT2D eigenvalue weighted by Crippen LogP contribution is 2.33. The van der Waals surface area contributed by atoms with Crippen LogP contribution >= 0.6 is 68.1 Å². The number of aromatic nitrogens is 1. The summed E-state index contributed by atoms with van der Waals surface area (Å²) in [4.78, 5) is 34.9. The van der Waals surface area contributed by atoms with Crippen molar-refractivity contribution in [3.05, 3.63) is 126 Å². The van der Waals surface area contributed by atoms with Crippen LogP contribution in [-0.4, -0.2) is 28.5 Å². The number of rotatable bonds is 8. The van der Waals surface area contributed by atoms with Gasteiger partial charge in [0.2, 0.25) is 0 Å². The van der Waals surface area contributed by atoms with Crippen LogP contribution in [-0.2, 0) is 11.4 Å². The van der Waals surface area contributed by atoms with Crippen LogP contribution in [0.2, 0.25) is 5.02 Å². The van der Waals surface area contributed by atoms with E-state index < -0.39 is 6.04 Å². The Morgan fingerprint density at radius 2 is 1.84 bits per heavy atom. The third-order valence-corrected chi connectivity index (χ3v) is 9.80. The van der Waals surface area contributed by atoms with Crippen LogP contribution in [0, 0.1) is 13.0 Å². The number of hydrogen-bond donors (Lipinski definition) is 0. The summed E-state index contributed by atoms with van der Waals surface area (Å²) in [6.45, 7) is 6.78. The van der Waals surface area contributed by atoms with Crippen molar-refractivity contribution < 1.29 is 13.9 Å². The summed E-state index contributed by atoms with van der Waals surface area (Å²) in [6.07, 6.45) is 1.79. The molecule has 0 saturated heterocycles. The summed E-state index contributed by atoms with van der Waals surface area (Å²) in [6, 6.07) is 16.9. The molecular weight excluding hydrogens is 815 g/mol. The van der Waals surface area contributed by atoms with Crippen molar-refractivity contribution in [3.63, 3.8) is 0 Å². The van der Waals surface area contributed by atoms with Gasteiger partial charge < -0.3 is 9.64 Å². The average molecular weight is 842 g/mol. The van der Waals surface area contributed by atoms with Crippen molar-refractivity contribution in [1.29, 1.82) is 0 Å². The molecule has 5 rings (SSSR count). The molecule has 222 valence electrons. The van der Waals surface area contributed by atoms with Gasteiger partial charge in [-0.2, -0.15) is 0 Å². The van der Waals surface area contributed by atoms with Gasteiger partial charge >= 0.3 is 0 Å². The third kappa shape index (κ3) is 6.62. The van der Waals surface area contributed by atoms with Gasteiger partial charge in [0.15, 0.2) is 4.80 Å². The predicted octanol–water partition coefficient (Wildman–Crippen LogP) is 6.68. The highest BCUT2D eigenvalue weighted by molar-refractivity contribution is 14.1. The maximum absolute atomic E-state index is 14.3. The third-order valence-electron chi connectivity index (χ3n) is 7.14. The van der Waals surface area contributed by atoms with Crippen molar-refractivity contribution in [2.75, 3.05) is 13.1 Å². The van der Waals surface area contributed by atoms with Gasteiger partial charge in [-0.1, -0.05) is 53.3 Å². The van der Waals surface area contributed by atoms with Crippen molar-refractivity contribution >= 4 is 80.1 Å². The number of fused-ring (bicyclic) bond motifs is 1. The van der Waals surface area contributed by atoms with Gasteiger partial charge in [-0.25, -0.2) is 9.38 Å². The van der Waals surface area contributed by atoms with Gasteiger partial charge in [0.05, 0.1) is 25.4 Å². The molecule has 1 aromatic heterocycles. The van der Waals surface area contributed by atoms with Crippen LogP contribution < -0.4 is 19.6 Å². The van der Waals surface area contributed by atoms with Crippen molar-refractivity contribution in [1.82, 2.24) is 9.47 Å². The number of likely N-dealkylation sites (N-methyl/N-ethyl adjacent to an activating group) is 1. The predicted molar refractivity (Wildman–Crippen MR) is 186 cm³/mol. The number of amides is 1. The van der Waals surface area contributed by atoms with Crippen LogP contribution in [0.5, 0.6) is 5.75 Å². The Labute approximate surface area is 284 Å². The molecule has 11 heteroatoms. The lowest BCUT2D eigenvalue weighted by Crippen LogP contribution is -2.43. The Hall–Kier alpha value is -2.55. The number of benzene rings is 3. The van der Waals surface area contributed by atoms with Crippen LogP contribution in [0.15, 0.2) is 81.7 Å². The summed E-state index contributed by atoms with van der Waals surface area (Å²) in [5.74, 6) is 0.0555. The number of allylic oxidation sites excluding steroid dienone is 1. The normalized spacial score (nSPS) is 14.9. The fourth-order valence-corrected chi connectivity index (χ4v) is 8.19. The Bertz CT molecular complexity index is 1920. The number of carbonyl (C=O) groups is 1. The zero-order valence-corrected chi connectivity index (χ0v) is 29.4. The first kappa shape index (κ1) is 31.9. The summed E-state index contributed by atoms with van der Waals surface area (Å²) >= 11 is 11.9. The van der Waals surface area contributed by atoms with Crippen LogP contribution in [0.3, 0.4) is 0 Å². The zero-order valence-electron chi connectivity index (χ0n) is 23.5. The Balaban J connectivity index is 1.66. The largest absolute Gasteiger partial charge is 0.487 e. The quantitative estimate of drug-likeness (QED) is 0.186. The first-order chi connectivity index (χ1) is 20.6. The molecule has 0 aliphatic carbocycles. The number of hydrogen-bond acceptors (Lipinski definition) is 5. The van der Waals surface area contributed by atoms with Crippen LogP contribution in [0.1, 0.15) is 43.5 Å². The SMILES string of the molecule is CCN(CC)C(=O)C1=C(C)N=c2s/c(=C/c3cc(I)cc(I)c3OCc3ccccc3F)c(=O)n2[C@H]1c1ccc(Cl)cc1. The summed E-state index contributed by atoms with van der Waals surface area (Å²) < 4.78 is 24.3. The maximum Gasteiger partial charge on any atom is 0.271 e. The van der Waals surface area contributed by atoms with Crippen LogP contribution in [0.4, 0.5) is 4.39 Å². The number of halogens is 4. The van der Waals surface area contributed by atoms with Gasteiger partial charge in [0, 0.05) is 32.8 Å². The summed E-state index contributed by atoms with van der Waals surface area (Å²) in [5.41, 5.74) is 2.65. The van der Waals surface area contributed by atoms with Gasteiger partial charge in [-0.3, -0.25) is 14.2 Å². The summed E-state index contributed by atoms with van der Waals surface area (Å²) in [7, 11) is 0. The van der Waals surface area contributed by atoms with E-state index in [1.807, 2.05) is 45.0 Å². The van der Waals surface area contributed by atoms with Gasteiger partial charge in [-0.05, 0) is 108 Å². The lowest BCUT2D eigenvalue weighted by molar-refractivity contribution is -0.127. The van der Waals surface area contributed by atoms with Gasteiger partial charge in [0.1, 0.15) is 18.2 Å². The molecule has 0 unspecified atom stereocenters. The Morgan fingerprint density at radius 1 is 1.14 bits per heavy atom. The Morgan fingerprint density at radius 3 is 2.51 bits per heavy atom. The lowest BCUT2D eigenvalue weighted by atomic mass is 9.94. The monoisotopic (exact) mass is 841 g/mol. The lowest BCUT2D eigenvalue weighted by Gasteiger charge is -2.29. The number of carbonyl (C=O) groups excluding carboxylic acids is 1. The molecule has 0 fully saturated rings. The highest BCUT2D eigenvalue weighted by atomic mass is 127. The van der Waals surface area contributed by atoms with E-state index in [4.69, 9.17) is 21.3 Å². The van der Waals surface area contributed by atoms with Crippen molar-refractivity contribution in [2.45, 2.75) is 33.4 Å². The van der Waals surface area contributed by atoms with E-state index in [1.165, 1.54) is 17.4 Å². The molecule has 1 aliphatic heterocycles. The second-order valence-electron chi connectivity index (χ2n) is 9.80. The minimum Gasteiger partial charge on any atom is -0.487 e. The second-order valence-corrected chi connectivity index (χ2v) is 13.7. The van der Waals surface area contributed by atoms with Crippen molar-refractivity contribution in [3.8, 4) is 5.75 Å². The van der Waals surface area contributed by atoms with Gasteiger partial charge in [-0.15, -0.1) is 0 Å². The molecule has 2 heterocycles. The second kappa shape index (κ2) is 13.6.